The summed E-state index contributed by atoms with van der Waals surface area (Å²) in [5, 5.41) is 0. The van der Waals surface area contributed by atoms with Crippen molar-refractivity contribution in [2.75, 3.05) is 13.2 Å². The second-order valence-electron chi connectivity index (χ2n) is 5.35. The first-order valence-electron chi connectivity index (χ1n) is 7.10. The van der Waals surface area contributed by atoms with Crippen LogP contribution in [0.4, 0.5) is 0 Å². The van der Waals surface area contributed by atoms with Crippen molar-refractivity contribution in [2.45, 2.75) is 51.6 Å². The Bertz CT molecular complexity index is 354. The molecule has 0 aromatic heterocycles. The van der Waals surface area contributed by atoms with Gasteiger partial charge in [-0.2, -0.15) is 0 Å². The first-order chi connectivity index (χ1) is 8.75. The highest BCUT2D eigenvalue weighted by Gasteiger charge is 2.14. The number of hydrogen-bond acceptors (Lipinski definition) is 2. The topological polar surface area (TPSA) is 18.5 Å². The van der Waals surface area contributed by atoms with Crippen molar-refractivity contribution in [1.82, 2.24) is 0 Å². The summed E-state index contributed by atoms with van der Waals surface area (Å²) in [6, 6.07) is 8.42. The van der Waals surface area contributed by atoms with Crippen LogP contribution in [-0.2, 0) is 4.74 Å². The van der Waals surface area contributed by atoms with E-state index in [9.17, 15) is 0 Å². The Balaban J connectivity index is 1.70. The van der Waals surface area contributed by atoms with Crippen LogP contribution >= 0.6 is 0 Å². The van der Waals surface area contributed by atoms with Crippen molar-refractivity contribution in [3.05, 3.63) is 29.8 Å². The van der Waals surface area contributed by atoms with E-state index >= 15 is 0 Å². The molecule has 0 spiro atoms. The lowest BCUT2D eigenvalue weighted by Crippen LogP contribution is -2.07. The molecular weight excluding hydrogens is 224 g/mol. The van der Waals surface area contributed by atoms with E-state index in [0.717, 1.165) is 31.8 Å². The van der Waals surface area contributed by atoms with Crippen LogP contribution in [0.2, 0.25) is 0 Å². The standard InChI is InChI=1S/C16H24O2/c1-13(2)14-6-3-7-16(12-14)18-11-5-9-15-8-4-10-17-15/h3,6-7,12-13,15H,4-5,8-11H2,1-2H3. The zero-order valence-corrected chi connectivity index (χ0v) is 11.5. The Kier molecular flexibility index (Phi) is 5.06. The van der Waals surface area contributed by atoms with E-state index in [2.05, 4.69) is 32.0 Å². The van der Waals surface area contributed by atoms with E-state index in [1.165, 1.54) is 18.4 Å². The smallest absolute Gasteiger partial charge is 0.119 e. The average Bonchev–Trinajstić information content (AvgIpc) is 2.88. The van der Waals surface area contributed by atoms with Gasteiger partial charge >= 0.3 is 0 Å². The van der Waals surface area contributed by atoms with Gasteiger partial charge in [0.1, 0.15) is 5.75 Å². The predicted molar refractivity (Wildman–Crippen MR) is 74.2 cm³/mol. The van der Waals surface area contributed by atoms with Crippen LogP contribution in [-0.4, -0.2) is 19.3 Å². The van der Waals surface area contributed by atoms with Crippen LogP contribution < -0.4 is 4.74 Å². The molecule has 1 aliphatic heterocycles. The molecule has 2 heteroatoms. The Hall–Kier alpha value is -1.02. The largest absolute Gasteiger partial charge is 0.494 e. The minimum atomic E-state index is 0.482. The van der Waals surface area contributed by atoms with Gasteiger partial charge < -0.3 is 9.47 Å². The maximum absolute atomic E-state index is 5.80. The van der Waals surface area contributed by atoms with Crippen molar-refractivity contribution in [3.8, 4) is 5.75 Å². The zero-order chi connectivity index (χ0) is 12.8. The first-order valence-corrected chi connectivity index (χ1v) is 7.10. The third kappa shape index (κ3) is 4.02. The minimum absolute atomic E-state index is 0.482. The average molecular weight is 248 g/mol. The lowest BCUT2D eigenvalue weighted by Gasteiger charge is -2.11. The van der Waals surface area contributed by atoms with E-state index < -0.39 is 0 Å². The van der Waals surface area contributed by atoms with E-state index in [0.29, 0.717) is 12.0 Å². The third-order valence-corrected chi connectivity index (χ3v) is 3.49. The summed E-state index contributed by atoms with van der Waals surface area (Å²) >= 11 is 0. The van der Waals surface area contributed by atoms with Gasteiger partial charge in [0.05, 0.1) is 12.7 Å². The maximum atomic E-state index is 5.80. The summed E-state index contributed by atoms with van der Waals surface area (Å²) in [5.74, 6) is 1.55. The molecule has 100 valence electrons. The normalized spacial score (nSPS) is 19.4. The molecule has 0 bridgehead atoms. The fourth-order valence-electron chi connectivity index (χ4n) is 2.34. The Labute approximate surface area is 110 Å². The molecule has 1 heterocycles. The van der Waals surface area contributed by atoms with Gasteiger partial charge in [0.25, 0.3) is 0 Å². The lowest BCUT2D eigenvalue weighted by atomic mass is 10.0. The monoisotopic (exact) mass is 248 g/mol. The molecule has 0 amide bonds. The molecule has 0 N–H and O–H groups in total. The van der Waals surface area contributed by atoms with Crippen LogP contribution in [0.5, 0.6) is 5.75 Å². The molecular formula is C16H24O2. The van der Waals surface area contributed by atoms with Gasteiger partial charge in [0, 0.05) is 6.61 Å². The van der Waals surface area contributed by atoms with Gasteiger partial charge in [-0.3, -0.25) is 0 Å². The van der Waals surface area contributed by atoms with Gasteiger partial charge in [-0.1, -0.05) is 26.0 Å². The highest BCUT2D eigenvalue weighted by molar-refractivity contribution is 5.30. The van der Waals surface area contributed by atoms with Crippen molar-refractivity contribution >= 4 is 0 Å². The van der Waals surface area contributed by atoms with Gasteiger partial charge in [0.15, 0.2) is 0 Å². The SMILES string of the molecule is CC(C)c1cccc(OCCCC2CCCO2)c1. The van der Waals surface area contributed by atoms with Gasteiger partial charge in [-0.15, -0.1) is 0 Å². The molecule has 2 nitrogen and oxygen atoms in total. The van der Waals surface area contributed by atoms with E-state index in [4.69, 9.17) is 9.47 Å². The van der Waals surface area contributed by atoms with Crippen LogP contribution in [0.3, 0.4) is 0 Å². The zero-order valence-electron chi connectivity index (χ0n) is 11.5. The summed E-state index contributed by atoms with van der Waals surface area (Å²) in [6.45, 7) is 6.15. The number of benzene rings is 1. The number of hydrogen-bond donors (Lipinski definition) is 0. The van der Waals surface area contributed by atoms with Crippen LogP contribution in [0, 0.1) is 0 Å². The van der Waals surface area contributed by atoms with Crippen molar-refractivity contribution in [3.63, 3.8) is 0 Å². The first kappa shape index (κ1) is 13.4. The molecule has 2 rings (SSSR count). The highest BCUT2D eigenvalue weighted by atomic mass is 16.5. The highest BCUT2D eigenvalue weighted by Crippen LogP contribution is 2.21. The molecule has 0 aliphatic carbocycles. The number of rotatable bonds is 6. The van der Waals surface area contributed by atoms with Crippen LogP contribution in [0.25, 0.3) is 0 Å². The maximum Gasteiger partial charge on any atom is 0.119 e. The van der Waals surface area contributed by atoms with Crippen LogP contribution in [0.15, 0.2) is 24.3 Å². The molecule has 1 saturated heterocycles. The van der Waals surface area contributed by atoms with Gasteiger partial charge in [0.2, 0.25) is 0 Å². The minimum Gasteiger partial charge on any atom is -0.494 e. The second kappa shape index (κ2) is 6.79. The lowest BCUT2D eigenvalue weighted by molar-refractivity contribution is 0.0981. The molecule has 1 fully saturated rings. The van der Waals surface area contributed by atoms with E-state index in [-0.39, 0.29) is 0 Å². The summed E-state index contributed by atoms with van der Waals surface area (Å²) in [6.07, 6.45) is 5.14. The fraction of sp³-hybridized carbons (Fsp3) is 0.625. The fourth-order valence-corrected chi connectivity index (χ4v) is 2.34. The quantitative estimate of drug-likeness (QED) is 0.704. The molecule has 0 radical (unpaired) electrons. The summed E-state index contributed by atoms with van der Waals surface area (Å²) in [5.41, 5.74) is 1.34. The third-order valence-electron chi connectivity index (χ3n) is 3.49. The summed E-state index contributed by atoms with van der Waals surface area (Å²) in [4.78, 5) is 0. The van der Waals surface area contributed by atoms with Crippen LogP contribution in [0.1, 0.15) is 51.0 Å². The Morgan fingerprint density at radius 1 is 1.39 bits per heavy atom. The van der Waals surface area contributed by atoms with Gasteiger partial charge in [-0.25, -0.2) is 0 Å². The van der Waals surface area contributed by atoms with E-state index in [1.807, 2.05) is 6.07 Å². The molecule has 0 saturated carbocycles. The molecule has 18 heavy (non-hydrogen) atoms. The molecule has 1 aromatic rings. The number of ether oxygens (including phenoxy) is 2. The molecule has 1 aliphatic rings. The summed E-state index contributed by atoms with van der Waals surface area (Å²) in [7, 11) is 0. The van der Waals surface area contributed by atoms with E-state index in [1.54, 1.807) is 0 Å². The second-order valence-corrected chi connectivity index (χ2v) is 5.35. The van der Waals surface area contributed by atoms with Crippen molar-refractivity contribution < 1.29 is 9.47 Å². The predicted octanol–water partition coefficient (Wildman–Crippen LogP) is 4.15. The molecule has 1 aromatic carbocycles. The molecule has 1 unspecified atom stereocenters. The van der Waals surface area contributed by atoms with Gasteiger partial charge in [-0.05, 0) is 49.3 Å². The molecule has 1 atom stereocenters. The Morgan fingerprint density at radius 3 is 3.00 bits per heavy atom. The van der Waals surface area contributed by atoms with Crippen molar-refractivity contribution in [1.29, 1.82) is 0 Å². The Morgan fingerprint density at radius 2 is 2.28 bits per heavy atom. The van der Waals surface area contributed by atoms with Crippen molar-refractivity contribution in [2.24, 2.45) is 0 Å². The summed E-state index contributed by atoms with van der Waals surface area (Å²) < 4.78 is 11.4.